The fourth-order valence-corrected chi connectivity index (χ4v) is 3.37. The van der Waals surface area contributed by atoms with Crippen LogP contribution in [0.4, 0.5) is 0 Å². The zero-order valence-corrected chi connectivity index (χ0v) is 12.3. The van der Waals surface area contributed by atoms with Crippen LogP contribution in [0, 0.1) is 0 Å². The molecule has 1 aromatic carbocycles. The molecule has 1 atom stereocenters. The second-order valence-corrected chi connectivity index (χ2v) is 6.31. The van der Waals surface area contributed by atoms with Gasteiger partial charge in [0.15, 0.2) is 0 Å². The molecule has 1 unspecified atom stereocenters. The van der Waals surface area contributed by atoms with Crippen LogP contribution in [-0.2, 0) is 6.54 Å². The number of nitrogens with zero attached hydrogens (tertiary/aromatic N) is 1. The number of rotatable bonds is 5. The average Bonchev–Trinajstić information content (AvgIpc) is 2.41. The topological polar surface area (TPSA) is 15.3 Å². The van der Waals surface area contributed by atoms with Crippen molar-refractivity contribution in [3.8, 4) is 0 Å². The van der Waals surface area contributed by atoms with Gasteiger partial charge in [-0.3, -0.25) is 4.90 Å². The first-order valence-corrected chi connectivity index (χ1v) is 7.98. The van der Waals surface area contributed by atoms with Crippen LogP contribution in [0.5, 0.6) is 0 Å². The van der Waals surface area contributed by atoms with Crippen molar-refractivity contribution in [1.82, 2.24) is 10.2 Å². The molecule has 1 heterocycles. The van der Waals surface area contributed by atoms with E-state index >= 15 is 0 Å². The van der Waals surface area contributed by atoms with E-state index in [2.05, 4.69) is 53.2 Å². The summed E-state index contributed by atoms with van der Waals surface area (Å²) in [6.45, 7) is 6.91. The minimum absolute atomic E-state index is 0.593. The van der Waals surface area contributed by atoms with Crippen LogP contribution >= 0.6 is 11.8 Å². The van der Waals surface area contributed by atoms with Gasteiger partial charge in [0.1, 0.15) is 0 Å². The van der Waals surface area contributed by atoms with Gasteiger partial charge in [0.05, 0.1) is 0 Å². The van der Waals surface area contributed by atoms with Crippen LogP contribution in [0.2, 0.25) is 0 Å². The summed E-state index contributed by atoms with van der Waals surface area (Å²) in [5.41, 5.74) is 2.88. The van der Waals surface area contributed by atoms with E-state index in [0.717, 1.165) is 13.1 Å². The third kappa shape index (κ3) is 4.01. The SMILES string of the molecule is CNCC(C)c1ccc(CN2CCSCC2)cc1. The maximum atomic E-state index is 3.24. The molecule has 18 heavy (non-hydrogen) atoms. The Balaban J connectivity index is 1.90. The Bertz CT molecular complexity index is 344. The maximum absolute atomic E-state index is 3.24. The van der Waals surface area contributed by atoms with Crippen LogP contribution in [0.15, 0.2) is 24.3 Å². The monoisotopic (exact) mass is 264 g/mol. The molecule has 2 rings (SSSR count). The van der Waals surface area contributed by atoms with E-state index in [1.165, 1.54) is 35.7 Å². The van der Waals surface area contributed by atoms with Crippen LogP contribution in [-0.4, -0.2) is 43.1 Å². The Labute approximate surface area is 115 Å². The van der Waals surface area contributed by atoms with Crippen molar-refractivity contribution in [3.05, 3.63) is 35.4 Å². The largest absolute Gasteiger partial charge is 0.319 e. The minimum Gasteiger partial charge on any atom is -0.319 e. The summed E-state index contributed by atoms with van der Waals surface area (Å²) in [6, 6.07) is 9.17. The molecule has 0 aliphatic carbocycles. The summed E-state index contributed by atoms with van der Waals surface area (Å²) in [4.78, 5) is 2.56. The lowest BCUT2D eigenvalue weighted by atomic mass is 10.00. The van der Waals surface area contributed by atoms with Crippen molar-refractivity contribution in [2.75, 3.05) is 38.2 Å². The Morgan fingerprint density at radius 1 is 1.22 bits per heavy atom. The van der Waals surface area contributed by atoms with Crippen molar-refractivity contribution in [2.45, 2.75) is 19.4 Å². The Morgan fingerprint density at radius 3 is 2.50 bits per heavy atom. The molecule has 1 aliphatic rings. The van der Waals surface area contributed by atoms with Crippen LogP contribution in [0.1, 0.15) is 24.0 Å². The third-order valence-corrected chi connectivity index (χ3v) is 4.51. The first-order valence-electron chi connectivity index (χ1n) is 6.83. The molecule has 2 nitrogen and oxygen atoms in total. The van der Waals surface area contributed by atoms with Crippen LogP contribution < -0.4 is 5.32 Å². The number of hydrogen-bond donors (Lipinski definition) is 1. The number of nitrogens with one attached hydrogen (secondary N) is 1. The van der Waals surface area contributed by atoms with Crippen LogP contribution in [0.25, 0.3) is 0 Å². The lowest BCUT2D eigenvalue weighted by molar-refractivity contribution is 0.294. The molecule has 0 aromatic heterocycles. The normalized spacial score (nSPS) is 18.8. The van der Waals surface area contributed by atoms with Gasteiger partial charge in [0, 0.05) is 37.7 Å². The van der Waals surface area contributed by atoms with Gasteiger partial charge in [0.25, 0.3) is 0 Å². The summed E-state index contributed by atoms with van der Waals surface area (Å²) in [5.74, 6) is 3.17. The van der Waals surface area contributed by atoms with Crippen LogP contribution in [0.3, 0.4) is 0 Å². The maximum Gasteiger partial charge on any atom is 0.0234 e. The second kappa shape index (κ2) is 7.17. The molecular weight excluding hydrogens is 240 g/mol. The zero-order chi connectivity index (χ0) is 12.8. The highest BCUT2D eigenvalue weighted by molar-refractivity contribution is 7.99. The Hall–Kier alpha value is -0.510. The first-order chi connectivity index (χ1) is 8.79. The Kier molecular flexibility index (Phi) is 5.54. The molecular formula is C15H24N2S. The number of thioether (sulfide) groups is 1. The second-order valence-electron chi connectivity index (χ2n) is 5.09. The first kappa shape index (κ1) is 13.9. The molecule has 3 heteroatoms. The zero-order valence-electron chi connectivity index (χ0n) is 11.5. The van der Waals surface area contributed by atoms with Gasteiger partial charge in [-0.2, -0.15) is 11.8 Å². The molecule has 0 amide bonds. The van der Waals surface area contributed by atoms with Gasteiger partial charge < -0.3 is 5.32 Å². The van der Waals surface area contributed by atoms with E-state index in [9.17, 15) is 0 Å². The summed E-state index contributed by atoms with van der Waals surface area (Å²) in [5, 5.41) is 3.24. The van der Waals surface area contributed by atoms with E-state index in [-0.39, 0.29) is 0 Å². The van der Waals surface area contributed by atoms with Crippen molar-refractivity contribution < 1.29 is 0 Å². The lowest BCUT2D eigenvalue weighted by Gasteiger charge is -2.26. The summed E-state index contributed by atoms with van der Waals surface area (Å²) >= 11 is 2.07. The predicted molar refractivity (Wildman–Crippen MR) is 81.4 cm³/mol. The predicted octanol–water partition coefficient (Wildman–Crippen LogP) is 2.56. The highest BCUT2D eigenvalue weighted by atomic mass is 32.2. The van der Waals surface area contributed by atoms with Gasteiger partial charge in [0.2, 0.25) is 0 Å². The van der Waals surface area contributed by atoms with Crippen molar-refractivity contribution >= 4 is 11.8 Å². The smallest absolute Gasteiger partial charge is 0.0234 e. The van der Waals surface area contributed by atoms with E-state index < -0.39 is 0 Å². The van der Waals surface area contributed by atoms with E-state index in [0.29, 0.717) is 5.92 Å². The molecule has 1 N–H and O–H groups in total. The lowest BCUT2D eigenvalue weighted by Crippen LogP contribution is -2.31. The summed E-state index contributed by atoms with van der Waals surface area (Å²) in [7, 11) is 2.01. The molecule has 100 valence electrons. The molecule has 1 aromatic rings. The van der Waals surface area contributed by atoms with E-state index in [1.54, 1.807) is 0 Å². The van der Waals surface area contributed by atoms with Gasteiger partial charge in [-0.1, -0.05) is 31.2 Å². The average molecular weight is 264 g/mol. The summed E-state index contributed by atoms with van der Waals surface area (Å²) < 4.78 is 0. The molecule has 0 saturated carbocycles. The summed E-state index contributed by atoms with van der Waals surface area (Å²) in [6.07, 6.45) is 0. The standard InChI is InChI=1S/C15H24N2S/c1-13(11-16-2)15-5-3-14(4-6-15)12-17-7-9-18-10-8-17/h3-6,13,16H,7-12H2,1-2H3. The van der Waals surface area contributed by atoms with Crippen molar-refractivity contribution in [2.24, 2.45) is 0 Å². The minimum atomic E-state index is 0.593. The van der Waals surface area contributed by atoms with Gasteiger partial charge in [-0.05, 0) is 24.1 Å². The van der Waals surface area contributed by atoms with E-state index in [4.69, 9.17) is 0 Å². The third-order valence-electron chi connectivity index (χ3n) is 3.57. The van der Waals surface area contributed by atoms with Crippen molar-refractivity contribution in [1.29, 1.82) is 0 Å². The number of likely N-dealkylation sites (N-methyl/N-ethyl adjacent to an activating group) is 1. The van der Waals surface area contributed by atoms with Gasteiger partial charge in [-0.15, -0.1) is 0 Å². The highest BCUT2D eigenvalue weighted by Crippen LogP contribution is 2.17. The molecule has 0 radical (unpaired) electrons. The van der Waals surface area contributed by atoms with Crippen molar-refractivity contribution in [3.63, 3.8) is 0 Å². The number of hydrogen-bond acceptors (Lipinski definition) is 3. The van der Waals surface area contributed by atoms with Gasteiger partial charge >= 0.3 is 0 Å². The molecule has 0 bridgehead atoms. The Morgan fingerprint density at radius 2 is 1.89 bits per heavy atom. The fraction of sp³-hybridized carbons (Fsp3) is 0.600. The molecule has 1 saturated heterocycles. The highest BCUT2D eigenvalue weighted by Gasteiger charge is 2.11. The van der Waals surface area contributed by atoms with Gasteiger partial charge in [-0.25, -0.2) is 0 Å². The molecule has 1 fully saturated rings. The quantitative estimate of drug-likeness (QED) is 0.880. The number of benzene rings is 1. The molecule has 0 spiro atoms. The molecule has 1 aliphatic heterocycles. The fourth-order valence-electron chi connectivity index (χ4n) is 2.39. The van der Waals surface area contributed by atoms with E-state index in [1.807, 2.05) is 7.05 Å².